The molecule has 0 fully saturated rings. The maximum atomic E-state index is 10.9. The van der Waals surface area contributed by atoms with Crippen LogP contribution in [0.15, 0.2) is 30.3 Å². The summed E-state index contributed by atoms with van der Waals surface area (Å²) < 4.78 is 5.07. The van der Waals surface area contributed by atoms with E-state index in [-0.39, 0.29) is 5.57 Å². The van der Waals surface area contributed by atoms with E-state index in [1.54, 1.807) is 37.3 Å². The molecule has 0 aliphatic heterocycles. The fourth-order valence-electron chi connectivity index (χ4n) is 1.26. The molecule has 0 spiro atoms. The number of ether oxygens (including phenoxy) is 1. The number of hydrogen-bond donors (Lipinski definition) is 1. The van der Waals surface area contributed by atoms with E-state index >= 15 is 0 Å². The predicted molar refractivity (Wildman–Crippen MR) is 54.3 cm³/mol. The highest BCUT2D eigenvalue weighted by Crippen LogP contribution is 2.25. The van der Waals surface area contributed by atoms with Gasteiger partial charge in [0.2, 0.25) is 0 Å². The minimum atomic E-state index is -0.947. The third-order valence-electron chi connectivity index (χ3n) is 1.92. The van der Waals surface area contributed by atoms with Crippen LogP contribution >= 0.6 is 0 Å². The van der Waals surface area contributed by atoms with Gasteiger partial charge in [-0.3, -0.25) is 0 Å². The molecule has 0 heterocycles. The van der Waals surface area contributed by atoms with Gasteiger partial charge in [-0.05, 0) is 13.0 Å². The van der Waals surface area contributed by atoms with Gasteiger partial charge >= 0.3 is 5.97 Å². The zero-order chi connectivity index (χ0) is 10.6. The minimum Gasteiger partial charge on any atom is -0.496 e. The summed E-state index contributed by atoms with van der Waals surface area (Å²) in [7, 11) is 1.52. The Balaban J connectivity index is 3.23. The molecule has 0 aliphatic rings. The second-order valence-electron chi connectivity index (χ2n) is 2.71. The van der Waals surface area contributed by atoms with E-state index < -0.39 is 5.97 Å². The van der Waals surface area contributed by atoms with Gasteiger partial charge in [0.05, 0.1) is 12.7 Å². The van der Waals surface area contributed by atoms with E-state index in [1.807, 2.05) is 0 Å². The Bertz CT molecular complexity index is 367. The lowest BCUT2D eigenvalue weighted by atomic mass is 10.1. The number of rotatable bonds is 3. The first-order valence-corrected chi connectivity index (χ1v) is 4.23. The SMILES string of the molecule is C/C=C(/C(=O)O)c1ccccc1OC. The molecule has 0 radical (unpaired) electrons. The van der Waals surface area contributed by atoms with Crippen LogP contribution in [0.25, 0.3) is 5.57 Å². The molecule has 0 bridgehead atoms. The van der Waals surface area contributed by atoms with Crippen LogP contribution in [-0.4, -0.2) is 18.2 Å². The average molecular weight is 192 g/mol. The lowest BCUT2D eigenvalue weighted by Gasteiger charge is -2.07. The maximum Gasteiger partial charge on any atom is 0.336 e. The zero-order valence-electron chi connectivity index (χ0n) is 8.15. The monoisotopic (exact) mass is 192 g/mol. The highest BCUT2D eigenvalue weighted by Gasteiger charge is 2.12. The second kappa shape index (κ2) is 4.46. The highest BCUT2D eigenvalue weighted by atomic mass is 16.5. The van der Waals surface area contributed by atoms with Crippen molar-refractivity contribution < 1.29 is 14.6 Å². The number of methoxy groups -OCH3 is 1. The number of aliphatic carboxylic acids is 1. The van der Waals surface area contributed by atoms with Gasteiger partial charge in [-0.25, -0.2) is 4.79 Å². The highest BCUT2D eigenvalue weighted by molar-refractivity contribution is 6.16. The minimum absolute atomic E-state index is 0.252. The maximum absolute atomic E-state index is 10.9. The number of carboxylic acid groups (broad SMARTS) is 1. The van der Waals surface area contributed by atoms with Crippen molar-refractivity contribution in [2.45, 2.75) is 6.92 Å². The van der Waals surface area contributed by atoms with Crippen LogP contribution in [-0.2, 0) is 4.79 Å². The van der Waals surface area contributed by atoms with Crippen LogP contribution in [0.2, 0.25) is 0 Å². The molecule has 14 heavy (non-hydrogen) atoms. The molecular weight excluding hydrogens is 180 g/mol. The summed E-state index contributed by atoms with van der Waals surface area (Å²) in [6.07, 6.45) is 1.56. The van der Waals surface area contributed by atoms with Crippen molar-refractivity contribution in [1.29, 1.82) is 0 Å². The van der Waals surface area contributed by atoms with E-state index in [9.17, 15) is 4.79 Å². The molecule has 1 aromatic rings. The third kappa shape index (κ3) is 1.93. The molecule has 0 saturated carbocycles. The fourth-order valence-corrected chi connectivity index (χ4v) is 1.26. The summed E-state index contributed by atoms with van der Waals surface area (Å²) in [6.45, 7) is 1.69. The van der Waals surface area contributed by atoms with Gasteiger partial charge in [0, 0.05) is 5.56 Å². The molecule has 74 valence electrons. The fraction of sp³-hybridized carbons (Fsp3) is 0.182. The van der Waals surface area contributed by atoms with Gasteiger partial charge in [-0.2, -0.15) is 0 Å². The lowest BCUT2D eigenvalue weighted by molar-refractivity contribution is -0.130. The Morgan fingerprint density at radius 1 is 1.43 bits per heavy atom. The molecule has 0 unspecified atom stereocenters. The number of carbonyl (C=O) groups is 1. The van der Waals surface area contributed by atoms with Crippen molar-refractivity contribution in [2.75, 3.05) is 7.11 Å². The number of benzene rings is 1. The summed E-state index contributed by atoms with van der Waals surface area (Å²) in [5, 5.41) is 8.92. The summed E-state index contributed by atoms with van der Waals surface area (Å²) >= 11 is 0. The van der Waals surface area contributed by atoms with Crippen molar-refractivity contribution in [3.05, 3.63) is 35.9 Å². The van der Waals surface area contributed by atoms with Crippen LogP contribution in [0.5, 0.6) is 5.75 Å². The molecule has 3 heteroatoms. The molecule has 0 aliphatic carbocycles. The van der Waals surface area contributed by atoms with E-state index in [2.05, 4.69) is 0 Å². The summed E-state index contributed by atoms with van der Waals surface area (Å²) in [6, 6.07) is 7.05. The van der Waals surface area contributed by atoms with Crippen LogP contribution < -0.4 is 4.74 Å². The standard InChI is InChI=1S/C11H12O3/c1-3-8(11(12)13)9-6-4-5-7-10(9)14-2/h3-7H,1-2H3,(H,12,13)/b8-3+. The van der Waals surface area contributed by atoms with E-state index in [4.69, 9.17) is 9.84 Å². The number of hydrogen-bond acceptors (Lipinski definition) is 2. The Kier molecular flexibility index (Phi) is 3.29. The van der Waals surface area contributed by atoms with Crippen molar-refractivity contribution >= 4 is 11.5 Å². The summed E-state index contributed by atoms with van der Waals surface area (Å²) in [5.41, 5.74) is 0.854. The van der Waals surface area contributed by atoms with Gasteiger partial charge in [0.15, 0.2) is 0 Å². The van der Waals surface area contributed by atoms with Gasteiger partial charge in [-0.1, -0.05) is 24.3 Å². The van der Waals surface area contributed by atoms with Crippen LogP contribution in [0, 0.1) is 0 Å². The number of allylic oxidation sites excluding steroid dienone is 1. The van der Waals surface area contributed by atoms with Crippen LogP contribution in [0.3, 0.4) is 0 Å². The molecule has 0 aromatic heterocycles. The molecule has 3 nitrogen and oxygen atoms in total. The molecule has 1 rings (SSSR count). The molecule has 0 atom stereocenters. The Morgan fingerprint density at radius 3 is 2.57 bits per heavy atom. The Labute approximate surface area is 82.6 Å². The van der Waals surface area contributed by atoms with Crippen molar-refractivity contribution in [3.8, 4) is 5.75 Å². The van der Waals surface area contributed by atoms with E-state index in [0.717, 1.165) is 0 Å². The van der Waals surface area contributed by atoms with Crippen LogP contribution in [0.4, 0.5) is 0 Å². The van der Waals surface area contributed by atoms with Gasteiger partial charge < -0.3 is 9.84 Å². The zero-order valence-corrected chi connectivity index (χ0v) is 8.15. The number of carboxylic acids is 1. The Hall–Kier alpha value is -1.77. The van der Waals surface area contributed by atoms with Gasteiger partial charge in [0.25, 0.3) is 0 Å². The van der Waals surface area contributed by atoms with Crippen molar-refractivity contribution in [1.82, 2.24) is 0 Å². The smallest absolute Gasteiger partial charge is 0.336 e. The van der Waals surface area contributed by atoms with E-state index in [1.165, 1.54) is 7.11 Å². The Morgan fingerprint density at radius 2 is 2.07 bits per heavy atom. The first kappa shape index (κ1) is 10.3. The average Bonchev–Trinajstić information content (AvgIpc) is 2.19. The molecule has 0 amide bonds. The first-order valence-electron chi connectivity index (χ1n) is 4.23. The van der Waals surface area contributed by atoms with Gasteiger partial charge in [0.1, 0.15) is 5.75 Å². The largest absolute Gasteiger partial charge is 0.496 e. The quantitative estimate of drug-likeness (QED) is 0.746. The van der Waals surface area contributed by atoms with Gasteiger partial charge in [-0.15, -0.1) is 0 Å². The van der Waals surface area contributed by atoms with Crippen LogP contribution in [0.1, 0.15) is 12.5 Å². The third-order valence-corrected chi connectivity index (χ3v) is 1.92. The predicted octanol–water partition coefficient (Wildman–Crippen LogP) is 2.18. The van der Waals surface area contributed by atoms with Crippen molar-refractivity contribution in [3.63, 3.8) is 0 Å². The topological polar surface area (TPSA) is 46.5 Å². The normalized spacial score (nSPS) is 11.1. The molecule has 0 saturated heterocycles. The molecule has 1 N–H and O–H groups in total. The van der Waals surface area contributed by atoms with Crippen molar-refractivity contribution in [2.24, 2.45) is 0 Å². The lowest BCUT2D eigenvalue weighted by Crippen LogP contribution is -2.01. The molecule has 1 aromatic carbocycles. The summed E-state index contributed by atoms with van der Waals surface area (Å²) in [5.74, 6) is -0.375. The molecular formula is C11H12O3. The second-order valence-corrected chi connectivity index (χ2v) is 2.71. The summed E-state index contributed by atoms with van der Waals surface area (Å²) in [4.78, 5) is 10.9. The number of para-hydroxylation sites is 1. The van der Waals surface area contributed by atoms with E-state index in [0.29, 0.717) is 11.3 Å². The first-order chi connectivity index (χ1) is 6.70.